The van der Waals surface area contributed by atoms with Gasteiger partial charge in [-0.3, -0.25) is 0 Å². The third kappa shape index (κ3) is 4.00. The molecule has 0 atom stereocenters. The van der Waals surface area contributed by atoms with Crippen LogP contribution in [0.2, 0.25) is 0 Å². The lowest BCUT2D eigenvalue weighted by molar-refractivity contribution is 0.00578. The lowest BCUT2D eigenvalue weighted by atomic mass is 9.66. The third-order valence-electron chi connectivity index (χ3n) is 8.67. The van der Waals surface area contributed by atoms with Crippen molar-refractivity contribution in [3.63, 3.8) is 0 Å². The Morgan fingerprint density at radius 3 is 2.55 bits per heavy atom. The molecule has 7 nitrogen and oxygen atoms in total. The summed E-state index contributed by atoms with van der Waals surface area (Å²) in [6, 6.07) is 9.09. The van der Waals surface area contributed by atoms with Crippen LogP contribution in [0.1, 0.15) is 83.2 Å². The van der Waals surface area contributed by atoms with Crippen LogP contribution in [-0.4, -0.2) is 38.5 Å². The molecule has 3 aliphatic rings. The SMILES string of the molecule is CC1(C)OB(c2ccc3c(c2)CC[C@]32CC[C@@H](Cc3nnnn3CCC#N)CC2)OC1(C)C. The highest BCUT2D eigenvalue weighted by molar-refractivity contribution is 6.62. The first kappa shape index (κ1) is 22.6. The Kier molecular flexibility index (Phi) is 5.61. The van der Waals surface area contributed by atoms with Crippen molar-refractivity contribution in [2.75, 3.05) is 0 Å². The molecule has 2 fully saturated rings. The largest absolute Gasteiger partial charge is 0.494 e. The van der Waals surface area contributed by atoms with Crippen LogP contribution in [0, 0.1) is 17.2 Å². The number of rotatable bonds is 5. The third-order valence-corrected chi connectivity index (χ3v) is 8.67. The number of hydrogen-bond acceptors (Lipinski definition) is 6. The van der Waals surface area contributed by atoms with Crippen LogP contribution >= 0.6 is 0 Å². The fraction of sp³-hybridized carbons (Fsp3) is 0.680. The highest BCUT2D eigenvalue weighted by Gasteiger charge is 2.52. The van der Waals surface area contributed by atoms with Gasteiger partial charge in [0.05, 0.1) is 30.2 Å². The quantitative estimate of drug-likeness (QED) is 0.653. The Bertz CT molecular complexity index is 1050. The van der Waals surface area contributed by atoms with Gasteiger partial charge in [0, 0.05) is 6.42 Å². The predicted molar refractivity (Wildman–Crippen MR) is 126 cm³/mol. The van der Waals surface area contributed by atoms with Crippen molar-refractivity contribution >= 4 is 12.6 Å². The minimum Gasteiger partial charge on any atom is -0.399 e. The number of hydrogen-bond donors (Lipinski definition) is 0. The Hall–Kier alpha value is -2.24. The summed E-state index contributed by atoms with van der Waals surface area (Å²) >= 11 is 0. The molecule has 5 rings (SSSR count). The van der Waals surface area contributed by atoms with Crippen molar-refractivity contribution in [2.24, 2.45) is 5.92 Å². The zero-order chi connectivity index (χ0) is 23.3. The van der Waals surface area contributed by atoms with Gasteiger partial charge in [-0.1, -0.05) is 18.2 Å². The maximum atomic E-state index is 8.85. The summed E-state index contributed by atoms with van der Waals surface area (Å²) in [5.74, 6) is 1.53. The molecule has 1 spiro atoms. The van der Waals surface area contributed by atoms with Crippen LogP contribution in [0.25, 0.3) is 0 Å². The summed E-state index contributed by atoms with van der Waals surface area (Å²) in [4.78, 5) is 0. The molecular weight excluding hydrogens is 413 g/mol. The van der Waals surface area contributed by atoms with Crippen molar-refractivity contribution in [3.8, 4) is 6.07 Å². The number of tetrazole rings is 1. The van der Waals surface area contributed by atoms with Gasteiger partial charge in [-0.05, 0) is 105 Å². The van der Waals surface area contributed by atoms with E-state index in [1.54, 1.807) is 10.2 Å². The van der Waals surface area contributed by atoms with Crippen LogP contribution in [0.4, 0.5) is 0 Å². The lowest BCUT2D eigenvalue weighted by Crippen LogP contribution is -2.41. The average Bonchev–Trinajstić information content (AvgIpc) is 3.43. The van der Waals surface area contributed by atoms with Crippen LogP contribution in [-0.2, 0) is 34.1 Å². The number of aromatic nitrogens is 4. The Morgan fingerprint density at radius 2 is 1.85 bits per heavy atom. The highest BCUT2D eigenvalue weighted by Crippen LogP contribution is 2.50. The number of nitrogens with zero attached hydrogens (tertiary/aromatic N) is 5. The van der Waals surface area contributed by atoms with Crippen molar-refractivity contribution in [1.82, 2.24) is 20.2 Å². The predicted octanol–water partition coefficient (Wildman–Crippen LogP) is 3.50. The second-order valence-corrected chi connectivity index (χ2v) is 11.2. The van der Waals surface area contributed by atoms with Gasteiger partial charge in [0.1, 0.15) is 0 Å². The van der Waals surface area contributed by atoms with Gasteiger partial charge >= 0.3 is 7.12 Å². The molecule has 33 heavy (non-hydrogen) atoms. The second kappa shape index (κ2) is 8.21. The smallest absolute Gasteiger partial charge is 0.399 e. The highest BCUT2D eigenvalue weighted by atomic mass is 16.7. The molecule has 1 saturated carbocycles. The van der Waals surface area contributed by atoms with E-state index in [9.17, 15) is 0 Å². The molecule has 0 radical (unpaired) electrons. The molecule has 2 aromatic rings. The van der Waals surface area contributed by atoms with E-state index in [-0.39, 0.29) is 18.3 Å². The van der Waals surface area contributed by atoms with Crippen molar-refractivity contribution < 1.29 is 9.31 Å². The summed E-state index contributed by atoms with van der Waals surface area (Å²) in [5, 5.41) is 21.0. The Labute approximate surface area is 197 Å². The topological polar surface area (TPSA) is 85.9 Å². The minimum absolute atomic E-state index is 0.292. The molecule has 2 heterocycles. The number of aryl methyl sites for hydroxylation is 2. The standard InChI is InChI=1S/C25H34BN5O2/c1-23(2)24(3,4)33-26(32-23)20-6-7-21-19(17-20)10-13-25(21)11-8-18(9-12-25)16-22-28-29-30-31(22)15-5-14-27/h6-7,17-18H,5,8-13,15-16H2,1-4H3/t18-,25-. The zero-order valence-electron chi connectivity index (χ0n) is 20.3. The van der Waals surface area contributed by atoms with Gasteiger partial charge in [-0.25, -0.2) is 4.68 Å². The maximum Gasteiger partial charge on any atom is 0.494 e. The summed E-state index contributed by atoms with van der Waals surface area (Å²) in [7, 11) is -0.292. The monoisotopic (exact) mass is 447 g/mol. The zero-order valence-corrected chi connectivity index (χ0v) is 20.3. The van der Waals surface area contributed by atoms with E-state index in [4.69, 9.17) is 14.6 Å². The van der Waals surface area contributed by atoms with Crippen molar-refractivity contribution in [3.05, 3.63) is 35.2 Å². The molecule has 1 aliphatic heterocycles. The summed E-state index contributed by atoms with van der Waals surface area (Å²) < 4.78 is 14.4. The first-order valence-corrected chi connectivity index (χ1v) is 12.3. The molecule has 1 aromatic heterocycles. The summed E-state index contributed by atoms with van der Waals surface area (Å²) in [6.45, 7) is 9.01. The second-order valence-electron chi connectivity index (χ2n) is 11.2. The van der Waals surface area contributed by atoms with E-state index in [1.807, 2.05) is 0 Å². The minimum atomic E-state index is -0.315. The molecule has 2 aliphatic carbocycles. The van der Waals surface area contributed by atoms with Gasteiger partial charge in [0.15, 0.2) is 5.82 Å². The molecule has 1 saturated heterocycles. The maximum absolute atomic E-state index is 8.85. The first-order valence-electron chi connectivity index (χ1n) is 12.3. The van der Waals surface area contributed by atoms with Crippen LogP contribution < -0.4 is 5.46 Å². The van der Waals surface area contributed by atoms with Crippen molar-refractivity contribution in [1.29, 1.82) is 5.26 Å². The van der Waals surface area contributed by atoms with Crippen molar-refractivity contribution in [2.45, 2.75) is 102 Å². The van der Waals surface area contributed by atoms with E-state index in [0.717, 1.165) is 24.1 Å². The molecule has 174 valence electrons. The van der Waals surface area contributed by atoms with Gasteiger partial charge in [-0.2, -0.15) is 5.26 Å². The Morgan fingerprint density at radius 1 is 1.12 bits per heavy atom. The average molecular weight is 447 g/mol. The molecule has 1 aromatic carbocycles. The molecule has 0 bridgehead atoms. The van der Waals surface area contributed by atoms with E-state index in [1.165, 1.54) is 37.7 Å². The fourth-order valence-corrected chi connectivity index (χ4v) is 5.88. The van der Waals surface area contributed by atoms with E-state index in [0.29, 0.717) is 24.3 Å². The van der Waals surface area contributed by atoms with Gasteiger partial charge in [0.25, 0.3) is 0 Å². The fourth-order valence-electron chi connectivity index (χ4n) is 5.88. The van der Waals surface area contributed by atoms with E-state index < -0.39 is 0 Å². The summed E-state index contributed by atoms with van der Waals surface area (Å²) in [5.41, 5.74) is 3.84. The molecule has 8 heteroatoms. The van der Waals surface area contributed by atoms with Gasteiger partial charge < -0.3 is 9.31 Å². The number of benzene rings is 1. The summed E-state index contributed by atoms with van der Waals surface area (Å²) in [6.07, 6.45) is 8.56. The Balaban J connectivity index is 1.25. The van der Waals surface area contributed by atoms with Crippen LogP contribution in [0.5, 0.6) is 0 Å². The number of fused-ring (bicyclic) bond motifs is 2. The van der Waals surface area contributed by atoms with Crippen LogP contribution in [0.3, 0.4) is 0 Å². The van der Waals surface area contributed by atoms with Crippen LogP contribution in [0.15, 0.2) is 18.2 Å². The van der Waals surface area contributed by atoms with E-state index >= 15 is 0 Å². The van der Waals surface area contributed by atoms with E-state index in [2.05, 4.69) is 67.5 Å². The molecule has 0 N–H and O–H groups in total. The lowest BCUT2D eigenvalue weighted by Gasteiger charge is -2.38. The molecular formula is C25H34BN5O2. The number of nitriles is 1. The molecule has 0 amide bonds. The normalized spacial score (nSPS) is 27.6. The first-order chi connectivity index (χ1) is 15.7. The van der Waals surface area contributed by atoms with Gasteiger partial charge in [-0.15, -0.1) is 5.10 Å². The van der Waals surface area contributed by atoms with Gasteiger partial charge in [0.2, 0.25) is 0 Å². The molecule has 0 unspecified atom stereocenters.